The maximum Gasteiger partial charge on any atom is 0.217 e. The lowest BCUT2D eigenvalue weighted by molar-refractivity contribution is 0.224. The second-order valence-corrected chi connectivity index (χ2v) is 8.12. The van der Waals surface area contributed by atoms with Gasteiger partial charge in [0, 0.05) is 26.2 Å². The van der Waals surface area contributed by atoms with Crippen LogP contribution in [0, 0.1) is 5.92 Å². The van der Waals surface area contributed by atoms with Crippen LogP contribution in [0.15, 0.2) is 0 Å². The van der Waals surface area contributed by atoms with E-state index in [0.717, 1.165) is 25.9 Å². The lowest BCUT2D eigenvalue weighted by Crippen LogP contribution is -2.46. The van der Waals surface area contributed by atoms with Crippen molar-refractivity contribution in [3.63, 3.8) is 0 Å². The van der Waals surface area contributed by atoms with E-state index in [1.807, 2.05) is 6.92 Å². The van der Waals surface area contributed by atoms with Gasteiger partial charge in [0.15, 0.2) is 0 Å². The molecule has 1 heterocycles. The molecule has 0 aromatic rings. The minimum atomic E-state index is -3.13. The van der Waals surface area contributed by atoms with Gasteiger partial charge >= 0.3 is 0 Å². The molecule has 1 atom stereocenters. The summed E-state index contributed by atoms with van der Waals surface area (Å²) >= 11 is 0. The van der Waals surface area contributed by atoms with Crippen LogP contribution in [0.2, 0.25) is 0 Å². The Morgan fingerprint density at radius 1 is 1.32 bits per heavy atom. The zero-order valence-corrected chi connectivity index (χ0v) is 13.5. The Balaban J connectivity index is 2.49. The standard InChI is InChI=1S/C13H29N3O2S/c1-5-14-10-12(2)19(17,18)16-8-6-13(7-9-16)11-15(3)4/h12-14H,5-11H2,1-4H3. The Kier molecular flexibility index (Phi) is 6.73. The summed E-state index contributed by atoms with van der Waals surface area (Å²) < 4.78 is 26.5. The molecule has 6 heteroatoms. The molecule has 0 aromatic carbocycles. The fourth-order valence-electron chi connectivity index (χ4n) is 2.57. The number of hydrogen-bond donors (Lipinski definition) is 1. The highest BCUT2D eigenvalue weighted by Crippen LogP contribution is 2.21. The van der Waals surface area contributed by atoms with Crippen molar-refractivity contribution in [2.45, 2.75) is 31.9 Å². The zero-order chi connectivity index (χ0) is 14.5. The van der Waals surface area contributed by atoms with Gasteiger partial charge in [0.25, 0.3) is 0 Å². The second kappa shape index (κ2) is 7.57. The highest BCUT2D eigenvalue weighted by atomic mass is 32.2. The van der Waals surface area contributed by atoms with Crippen molar-refractivity contribution in [1.29, 1.82) is 0 Å². The van der Waals surface area contributed by atoms with E-state index in [4.69, 9.17) is 0 Å². The molecule has 0 spiro atoms. The van der Waals surface area contributed by atoms with Crippen molar-refractivity contribution in [3.8, 4) is 0 Å². The third-order valence-electron chi connectivity index (χ3n) is 3.75. The SMILES string of the molecule is CCNCC(C)S(=O)(=O)N1CCC(CN(C)C)CC1. The van der Waals surface area contributed by atoms with Gasteiger partial charge in [-0.15, -0.1) is 0 Å². The molecule has 1 unspecified atom stereocenters. The van der Waals surface area contributed by atoms with E-state index < -0.39 is 10.0 Å². The fourth-order valence-corrected chi connectivity index (χ4v) is 4.13. The van der Waals surface area contributed by atoms with Crippen molar-refractivity contribution in [2.75, 3.05) is 46.8 Å². The lowest BCUT2D eigenvalue weighted by atomic mass is 9.98. The summed E-state index contributed by atoms with van der Waals surface area (Å²) in [6.45, 7) is 7.55. The fraction of sp³-hybridized carbons (Fsp3) is 1.00. The Morgan fingerprint density at radius 3 is 2.37 bits per heavy atom. The van der Waals surface area contributed by atoms with Gasteiger partial charge in [-0.25, -0.2) is 12.7 Å². The van der Waals surface area contributed by atoms with Gasteiger partial charge in [-0.1, -0.05) is 6.92 Å². The maximum absolute atomic E-state index is 12.4. The number of nitrogens with zero attached hydrogens (tertiary/aromatic N) is 2. The van der Waals surface area contributed by atoms with Crippen molar-refractivity contribution in [2.24, 2.45) is 5.92 Å². The predicted molar refractivity (Wildman–Crippen MR) is 79.8 cm³/mol. The van der Waals surface area contributed by atoms with Crippen LogP contribution in [-0.4, -0.2) is 69.7 Å². The van der Waals surface area contributed by atoms with Gasteiger partial charge in [0.05, 0.1) is 5.25 Å². The molecule has 1 N–H and O–H groups in total. The van der Waals surface area contributed by atoms with Gasteiger partial charge in [-0.05, 0) is 46.3 Å². The largest absolute Gasteiger partial charge is 0.316 e. The molecule has 19 heavy (non-hydrogen) atoms. The summed E-state index contributed by atoms with van der Waals surface area (Å²) in [6, 6.07) is 0. The van der Waals surface area contributed by atoms with Crippen molar-refractivity contribution >= 4 is 10.0 Å². The van der Waals surface area contributed by atoms with Crippen LogP contribution in [0.4, 0.5) is 0 Å². The number of sulfonamides is 1. The number of nitrogens with one attached hydrogen (secondary N) is 1. The molecule has 1 aliphatic heterocycles. The van der Waals surface area contributed by atoms with Crippen LogP contribution in [0.25, 0.3) is 0 Å². The molecule has 0 radical (unpaired) electrons. The van der Waals surface area contributed by atoms with Gasteiger partial charge in [-0.2, -0.15) is 0 Å². The first-order valence-corrected chi connectivity index (χ1v) is 8.72. The minimum absolute atomic E-state index is 0.335. The maximum atomic E-state index is 12.4. The number of piperidine rings is 1. The summed E-state index contributed by atoms with van der Waals surface area (Å²) in [5.41, 5.74) is 0. The van der Waals surface area contributed by atoms with Gasteiger partial charge in [-0.3, -0.25) is 0 Å². The first-order chi connectivity index (χ1) is 8.87. The lowest BCUT2D eigenvalue weighted by Gasteiger charge is -2.34. The summed E-state index contributed by atoms with van der Waals surface area (Å²) in [6.07, 6.45) is 1.96. The van der Waals surface area contributed by atoms with Crippen molar-refractivity contribution in [3.05, 3.63) is 0 Å². The molecule has 0 bridgehead atoms. The Morgan fingerprint density at radius 2 is 1.89 bits per heavy atom. The van der Waals surface area contributed by atoms with E-state index in [1.165, 1.54) is 0 Å². The first-order valence-electron chi connectivity index (χ1n) is 7.22. The van der Waals surface area contributed by atoms with E-state index in [2.05, 4.69) is 24.3 Å². The van der Waals surface area contributed by atoms with E-state index in [-0.39, 0.29) is 5.25 Å². The molecule has 0 aromatic heterocycles. The quantitative estimate of drug-likeness (QED) is 0.746. The van der Waals surface area contributed by atoms with Crippen LogP contribution in [0.3, 0.4) is 0 Å². The van der Waals surface area contributed by atoms with Crippen LogP contribution in [-0.2, 0) is 10.0 Å². The van der Waals surface area contributed by atoms with E-state index >= 15 is 0 Å². The van der Waals surface area contributed by atoms with Crippen molar-refractivity contribution in [1.82, 2.24) is 14.5 Å². The molecule has 0 amide bonds. The molecule has 1 saturated heterocycles. The Bertz CT molecular complexity index is 349. The average molecular weight is 291 g/mol. The Labute approximate surface area is 118 Å². The van der Waals surface area contributed by atoms with Crippen LogP contribution in [0.5, 0.6) is 0 Å². The van der Waals surface area contributed by atoms with E-state index in [1.54, 1.807) is 11.2 Å². The molecular weight excluding hydrogens is 262 g/mol. The third kappa shape index (κ3) is 5.02. The molecule has 1 aliphatic rings. The number of hydrogen-bond acceptors (Lipinski definition) is 4. The molecule has 0 saturated carbocycles. The summed E-state index contributed by atoms with van der Waals surface area (Å²) in [5, 5.41) is 2.78. The smallest absolute Gasteiger partial charge is 0.217 e. The number of rotatable bonds is 7. The van der Waals surface area contributed by atoms with Gasteiger partial charge in [0.2, 0.25) is 10.0 Å². The van der Waals surface area contributed by atoms with Gasteiger partial charge in [0.1, 0.15) is 0 Å². The van der Waals surface area contributed by atoms with E-state index in [9.17, 15) is 8.42 Å². The molecule has 114 valence electrons. The average Bonchev–Trinajstić information content (AvgIpc) is 2.35. The second-order valence-electron chi connectivity index (χ2n) is 5.77. The van der Waals surface area contributed by atoms with Gasteiger partial charge < -0.3 is 10.2 Å². The zero-order valence-electron chi connectivity index (χ0n) is 12.7. The van der Waals surface area contributed by atoms with Crippen LogP contribution >= 0.6 is 0 Å². The molecule has 0 aliphatic carbocycles. The molecule has 1 fully saturated rings. The van der Waals surface area contributed by atoms with Crippen molar-refractivity contribution < 1.29 is 8.42 Å². The summed E-state index contributed by atoms with van der Waals surface area (Å²) in [7, 11) is 1.01. The summed E-state index contributed by atoms with van der Waals surface area (Å²) in [5.74, 6) is 0.630. The van der Waals surface area contributed by atoms with Crippen LogP contribution in [0.1, 0.15) is 26.7 Å². The topological polar surface area (TPSA) is 52.7 Å². The first kappa shape index (κ1) is 16.9. The predicted octanol–water partition coefficient (Wildman–Crippen LogP) is 0.588. The highest BCUT2D eigenvalue weighted by Gasteiger charge is 2.31. The van der Waals surface area contributed by atoms with E-state index in [0.29, 0.717) is 25.6 Å². The van der Waals surface area contributed by atoms with Crippen LogP contribution < -0.4 is 5.32 Å². The monoisotopic (exact) mass is 291 g/mol. The normalized spacial score (nSPS) is 20.9. The highest BCUT2D eigenvalue weighted by molar-refractivity contribution is 7.89. The molecular formula is C13H29N3O2S. The minimum Gasteiger partial charge on any atom is -0.316 e. The summed E-state index contributed by atoms with van der Waals surface area (Å²) in [4.78, 5) is 2.18. The Hall–Kier alpha value is -0.170. The molecule has 5 nitrogen and oxygen atoms in total. The third-order valence-corrected chi connectivity index (χ3v) is 6.02. The molecule has 1 rings (SSSR count).